The van der Waals surface area contributed by atoms with Gasteiger partial charge in [0.2, 0.25) is 10.0 Å². The summed E-state index contributed by atoms with van der Waals surface area (Å²) in [7, 11) is -2.00. The van der Waals surface area contributed by atoms with Crippen LogP contribution in [0.4, 0.5) is 5.69 Å². The van der Waals surface area contributed by atoms with Crippen molar-refractivity contribution in [2.45, 2.75) is 24.0 Å². The van der Waals surface area contributed by atoms with E-state index in [-0.39, 0.29) is 4.90 Å². The molecular weight excluding hydrogens is 510 g/mol. The Morgan fingerprint density at radius 3 is 2.49 bits per heavy atom. The number of aryl methyl sites for hydroxylation is 1. The number of rotatable bonds is 9. The van der Waals surface area contributed by atoms with Crippen LogP contribution in [0.3, 0.4) is 0 Å². The number of hydrogen-bond acceptors (Lipinski definition) is 6. The minimum Gasteiger partial charge on any atom is -0.368 e. The summed E-state index contributed by atoms with van der Waals surface area (Å²) in [6.45, 7) is 4.23. The number of halogens is 1. The smallest absolute Gasteiger partial charge is 0.243 e. The Morgan fingerprint density at radius 2 is 1.81 bits per heavy atom. The lowest BCUT2D eigenvalue weighted by Gasteiger charge is -2.36. The van der Waals surface area contributed by atoms with Crippen molar-refractivity contribution in [3.8, 4) is 0 Å². The van der Waals surface area contributed by atoms with E-state index in [1.807, 2.05) is 62.0 Å². The first-order valence-electron chi connectivity index (χ1n) is 12.2. The highest BCUT2D eigenvalue weighted by atomic mass is 35.5. The van der Waals surface area contributed by atoms with Crippen molar-refractivity contribution >= 4 is 27.3 Å². The van der Waals surface area contributed by atoms with Gasteiger partial charge in [-0.2, -0.15) is 10.2 Å². The van der Waals surface area contributed by atoms with Crippen LogP contribution in [0.25, 0.3) is 0 Å². The highest BCUT2D eigenvalue weighted by molar-refractivity contribution is 7.89. The normalized spacial score (nSPS) is 15.7. The molecule has 0 bridgehead atoms. The molecule has 4 aromatic rings. The van der Waals surface area contributed by atoms with Gasteiger partial charge in [0.15, 0.2) is 0 Å². The Balaban J connectivity index is 1.36. The second kappa shape index (κ2) is 11.1. The second-order valence-electron chi connectivity index (χ2n) is 9.21. The van der Waals surface area contributed by atoms with E-state index in [0.717, 1.165) is 25.2 Å². The fraction of sp³-hybridized carbons (Fsp3) is 0.308. The number of anilines is 1. The largest absolute Gasteiger partial charge is 0.368 e. The third-order valence-electron chi connectivity index (χ3n) is 6.52. The van der Waals surface area contributed by atoms with Gasteiger partial charge >= 0.3 is 0 Å². The third-order valence-corrected chi connectivity index (χ3v) is 8.25. The minimum atomic E-state index is -3.91. The van der Waals surface area contributed by atoms with Gasteiger partial charge in [0.1, 0.15) is 4.90 Å². The zero-order valence-corrected chi connectivity index (χ0v) is 22.2. The first-order valence-corrected chi connectivity index (χ1v) is 14.0. The second-order valence-corrected chi connectivity index (χ2v) is 11.3. The molecule has 1 fully saturated rings. The van der Waals surface area contributed by atoms with Crippen LogP contribution in [0.2, 0.25) is 5.02 Å². The molecule has 1 atom stereocenters. The van der Waals surface area contributed by atoms with Crippen LogP contribution in [0.1, 0.15) is 17.2 Å². The summed E-state index contributed by atoms with van der Waals surface area (Å²) < 4.78 is 34.1. The molecule has 0 spiro atoms. The van der Waals surface area contributed by atoms with E-state index in [2.05, 4.69) is 24.7 Å². The summed E-state index contributed by atoms with van der Waals surface area (Å²) in [5.41, 5.74) is 2.68. The molecule has 9 nitrogen and oxygen atoms in total. The molecule has 3 heterocycles. The molecule has 0 aliphatic carbocycles. The molecule has 1 N–H and O–H groups in total. The Kier molecular flexibility index (Phi) is 7.61. The van der Waals surface area contributed by atoms with E-state index in [4.69, 9.17) is 11.6 Å². The molecule has 0 amide bonds. The van der Waals surface area contributed by atoms with E-state index in [1.54, 1.807) is 27.7 Å². The van der Waals surface area contributed by atoms with Crippen LogP contribution in [-0.4, -0.2) is 59.1 Å². The number of nitrogens with one attached hydrogen (secondary N) is 1. The summed E-state index contributed by atoms with van der Waals surface area (Å²) in [6.07, 6.45) is 7.41. The van der Waals surface area contributed by atoms with Crippen molar-refractivity contribution in [2.24, 2.45) is 7.05 Å². The topological polar surface area (TPSA) is 88.3 Å². The average molecular weight is 540 g/mol. The van der Waals surface area contributed by atoms with Crippen molar-refractivity contribution in [3.05, 3.63) is 95.5 Å². The highest BCUT2D eigenvalue weighted by Crippen LogP contribution is 2.31. The number of hydrogen-bond donors (Lipinski definition) is 1. The monoisotopic (exact) mass is 539 g/mol. The van der Waals surface area contributed by atoms with Gasteiger partial charge in [-0.1, -0.05) is 41.9 Å². The van der Waals surface area contributed by atoms with Crippen molar-refractivity contribution in [1.82, 2.24) is 29.2 Å². The Morgan fingerprint density at radius 1 is 1.03 bits per heavy atom. The van der Waals surface area contributed by atoms with E-state index < -0.39 is 16.1 Å². The summed E-state index contributed by atoms with van der Waals surface area (Å²) in [4.78, 5) is 4.66. The van der Waals surface area contributed by atoms with E-state index in [9.17, 15) is 8.42 Å². The fourth-order valence-electron chi connectivity index (χ4n) is 4.67. The SMILES string of the molecule is Cn1cc(CN2CCN(c3ccc(Cl)cc3S(=O)(=O)NC(Cn3cccn3)c3ccccc3)CC2)cn1. The van der Waals surface area contributed by atoms with Gasteiger partial charge < -0.3 is 4.90 Å². The molecule has 5 rings (SSSR count). The molecular formula is C26H30ClN7O2S. The molecule has 0 radical (unpaired) electrons. The van der Waals surface area contributed by atoms with Crippen LogP contribution >= 0.6 is 11.6 Å². The number of piperazine rings is 1. The van der Waals surface area contributed by atoms with Crippen LogP contribution in [-0.2, 0) is 30.2 Å². The first kappa shape index (κ1) is 25.5. The van der Waals surface area contributed by atoms with E-state index >= 15 is 0 Å². The molecule has 2 aromatic heterocycles. The van der Waals surface area contributed by atoms with Gasteiger partial charge in [-0.3, -0.25) is 14.3 Å². The molecule has 1 aliphatic heterocycles. The molecule has 37 heavy (non-hydrogen) atoms. The number of aromatic nitrogens is 4. The molecule has 1 aliphatic rings. The van der Waals surface area contributed by atoms with Crippen molar-refractivity contribution in [2.75, 3.05) is 31.1 Å². The predicted octanol–water partition coefficient (Wildman–Crippen LogP) is 3.31. The lowest BCUT2D eigenvalue weighted by molar-refractivity contribution is 0.249. The number of benzene rings is 2. The molecule has 0 saturated carbocycles. The Bertz CT molecular complexity index is 1420. The highest BCUT2D eigenvalue weighted by Gasteiger charge is 2.28. The number of nitrogens with zero attached hydrogens (tertiary/aromatic N) is 6. The van der Waals surface area contributed by atoms with Crippen LogP contribution in [0.15, 0.2) is 84.3 Å². The molecule has 194 valence electrons. The molecule has 11 heteroatoms. The average Bonchev–Trinajstić information content (AvgIpc) is 3.56. The first-order chi connectivity index (χ1) is 17.9. The summed E-state index contributed by atoms with van der Waals surface area (Å²) in [5.74, 6) is 0. The molecule has 1 saturated heterocycles. The fourth-order valence-corrected chi connectivity index (χ4v) is 6.37. The van der Waals surface area contributed by atoms with Crippen LogP contribution in [0, 0.1) is 0 Å². The standard InChI is InChI=1S/C26H30ClN7O2S/c1-31-18-21(17-29-31)19-32-12-14-33(15-13-32)25-9-8-23(27)16-26(25)37(35,36)30-24(20-34-11-5-10-28-34)22-6-3-2-4-7-22/h2-11,16-18,24,30H,12-15,19-20H2,1H3. The van der Waals surface area contributed by atoms with Crippen LogP contribution < -0.4 is 9.62 Å². The van der Waals surface area contributed by atoms with E-state index in [1.165, 1.54) is 11.6 Å². The lowest BCUT2D eigenvalue weighted by Crippen LogP contribution is -2.46. The quantitative estimate of drug-likeness (QED) is 0.351. The van der Waals surface area contributed by atoms with Crippen molar-refractivity contribution < 1.29 is 8.42 Å². The van der Waals surface area contributed by atoms with Gasteiger partial charge in [-0.15, -0.1) is 0 Å². The van der Waals surface area contributed by atoms with Crippen LogP contribution in [0.5, 0.6) is 0 Å². The Labute approximate surface area is 222 Å². The number of sulfonamides is 1. The minimum absolute atomic E-state index is 0.183. The lowest BCUT2D eigenvalue weighted by atomic mass is 10.1. The molecule has 2 aromatic carbocycles. The van der Waals surface area contributed by atoms with Crippen molar-refractivity contribution in [3.63, 3.8) is 0 Å². The summed E-state index contributed by atoms with van der Waals surface area (Å²) in [5, 5.41) is 8.90. The van der Waals surface area contributed by atoms with E-state index in [0.29, 0.717) is 30.3 Å². The zero-order valence-electron chi connectivity index (χ0n) is 20.6. The Hall–Kier alpha value is -3.18. The van der Waals surface area contributed by atoms with Gasteiger partial charge in [0.25, 0.3) is 0 Å². The van der Waals surface area contributed by atoms with Gasteiger partial charge in [-0.25, -0.2) is 13.1 Å². The molecule has 1 unspecified atom stereocenters. The van der Waals surface area contributed by atoms with Gasteiger partial charge in [0, 0.05) is 68.9 Å². The summed E-state index contributed by atoms with van der Waals surface area (Å²) >= 11 is 6.30. The van der Waals surface area contributed by atoms with Gasteiger partial charge in [0.05, 0.1) is 24.5 Å². The van der Waals surface area contributed by atoms with Gasteiger partial charge in [-0.05, 0) is 29.8 Å². The maximum atomic E-state index is 13.8. The summed E-state index contributed by atoms with van der Waals surface area (Å²) in [6, 6.07) is 15.9. The predicted molar refractivity (Wildman–Crippen MR) is 144 cm³/mol. The van der Waals surface area contributed by atoms with Crippen molar-refractivity contribution in [1.29, 1.82) is 0 Å². The maximum Gasteiger partial charge on any atom is 0.243 e. The maximum absolute atomic E-state index is 13.8. The zero-order chi connectivity index (χ0) is 25.8. The third kappa shape index (κ3) is 6.22.